The number of amides is 1. The van der Waals surface area contributed by atoms with Crippen LogP contribution in [-0.2, 0) is 14.3 Å². The summed E-state index contributed by atoms with van der Waals surface area (Å²) in [5.74, 6) is -0.153. The van der Waals surface area contributed by atoms with E-state index in [4.69, 9.17) is 10.5 Å². The normalized spacial score (nSPS) is 26.1. The maximum atomic E-state index is 13.2. The second kappa shape index (κ2) is 7.39. The molecule has 5 nitrogen and oxygen atoms in total. The van der Waals surface area contributed by atoms with Crippen LogP contribution < -0.4 is 5.73 Å². The van der Waals surface area contributed by atoms with Gasteiger partial charge in [-0.15, -0.1) is 0 Å². The molecule has 2 unspecified atom stereocenters. The van der Waals surface area contributed by atoms with Crippen molar-refractivity contribution in [3.8, 4) is 0 Å². The van der Waals surface area contributed by atoms with E-state index in [-0.39, 0.29) is 15.8 Å². The van der Waals surface area contributed by atoms with Gasteiger partial charge in [0.05, 0.1) is 0 Å². The molecule has 3 atom stereocenters. The summed E-state index contributed by atoms with van der Waals surface area (Å²) in [6.07, 6.45) is 2.68. The predicted octanol–water partition coefficient (Wildman–Crippen LogP) is 3.10. The number of carbonyl (C=O) groups is 2. The fourth-order valence-electron chi connectivity index (χ4n) is 3.80. The Hall–Kier alpha value is -2.67. The third-order valence-electron chi connectivity index (χ3n) is 5.23. The molecule has 0 bridgehead atoms. The maximum absolute atomic E-state index is 13.2. The summed E-state index contributed by atoms with van der Waals surface area (Å²) in [6, 6.07) is 18.5. The molecule has 142 valence electrons. The summed E-state index contributed by atoms with van der Waals surface area (Å²) in [5, 5.41) is -0.232. The molecular formula is C22H21N2O3S+. The van der Waals surface area contributed by atoms with E-state index >= 15 is 0 Å². The molecule has 0 saturated carbocycles. The van der Waals surface area contributed by atoms with E-state index in [1.165, 1.54) is 6.20 Å². The first-order valence-electron chi connectivity index (χ1n) is 9.05. The number of fused-ring (bicyclic) bond motifs is 1. The smallest absolute Gasteiger partial charge is 0.394 e. The van der Waals surface area contributed by atoms with Crippen LogP contribution in [0.2, 0.25) is 0 Å². The van der Waals surface area contributed by atoms with Crippen molar-refractivity contribution in [2.45, 2.75) is 17.5 Å². The highest BCUT2D eigenvalue weighted by Gasteiger charge is 2.67. The van der Waals surface area contributed by atoms with Crippen molar-refractivity contribution in [1.29, 1.82) is 0 Å². The lowest BCUT2D eigenvalue weighted by atomic mass is 10.00. The molecule has 2 aromatic rings. The lowest BCUT2D eigenvalue weighted by Gasteiger charge is -2.50. The van der Waals surface area contributed by atoms with Crippen LogP contribution in [-0.4, -0.2) is 33.5 Å². The van der Waals surface area contributed by atoms with Crippen molar-refractivity contribution in [1.82, 2.24) is 0 Å². The van der Waals surface area contributed by atoms with Gasteiger partial charge in [0.1, 0.15) is 6.20 Å². The van der Waals surface area contributed by atoms with E-state index in [1.807, 2.05) is 60.7 Å². The van der Waals surface area contributed by atoms with Crippen molar-refractivity contribution in [2.24, 2.45) is 5.73 Å². The highest BCUT2D eigenvalue weighted by atomic mass is 32.2. The van der Waals surface area contributed by atoms with Crippen molar-refractivity contribution in [3.63, 3.8) is 0 Å². The first kappa shape index (κ1) is 18.7. The van der Waals surface area contributed by atoms with Gasteiger partial charge in [-0.05, 0) is 23.8 Å². The zero-order valence-electron chi connectivity index (χ0n) is 15.2. The maximum Gasteiger partial charge on any atom is 0.394 e. The molecule has 6 heteroatoms. The molecule has 1 amide bonds. The summed E-state index contributed by atoms with van der Waals surface area (Å²) in [5.41, 5.74) is 7.99. The number of hydrogen-bond donors (Lipinski definition) is 1. The standard InChI is InChI=1S/C22H21N2O3S/c1-2-24-17(13-14-28-21(24)18(23)20(24)25)22(26)27-19(15-9-5-3-6-10-15)16-11-7-4-8-12-16/h2-13,18-19,21H,1,14,23H2/q+1/t18?,21-,24?/m0/s1. The van der Waals surface area contributed by atoms with Crippen molar-refractivity contribution in [2.75, 3.05) is 5.75 Å². The zero-order valence-corrected chi connectivity index (χ0v) is 16.0. The van der Waals surface area contributed by atoms with Crippen molar-refractivity contribution in [3.05, 3.63) is 96.3 Å². The number of rotatable bonds is 5. The molecule has 28 heavy (non-hydrogen) atoms. The third kappa shape index (κ3) is 2.81. The second-order valence-electron chi connectivity index (χ2n) is 6.74. The van der Waals surface area contributed by atoms with Gasteiger partial charge in [0.2, 0.25) is 5.70 Å². The van der Waals surface area contributed by atoms with E-state index in [0.29, 0.717) is 11.4 Å². The van der Waals surface area contributed by atoms with E-state index < -0.39 is 18.1 Å². The highest BCUT2D eigenvalue weighted by molar-refractivity contribution is 8.00. The van der Waals surface area contributed by atoms with Gasteiger partial charge in [0.25, 0.3) is 0 Å². The summed E-state index contributed by atoms with van der Waals surface area (Å²) in [7, 11) is 0. The van der Waals surface area contributed by atoms with Crippen LogP contribution in [0.15, 0.2) is 85.2 Å². The van der Waals surface area contributed by atoms with Gasteiger partial charge in [-0.2, -0.15) is 4.48 Å². The molecule has 0 aliphatic carbocycles. The van der Waals surface area contributed by atoms with Gasteiger partial charge >= 0.3 is 11.9 Å². The largest absolute Gasteiger partial charge is 0.445 e. The number of nitrogens with two attached hydrogens (primary N) is 1. The lowest BCUT2D eigenvalue weighted by Crippen LogP contribution is -2.77. The molecule has 2 aromatic carbocycles. The van der Waals surface area contributed by atoms with Crippen molar-refractivity contribution < 1.29 is 18.8 Å². The number of thioether (sulfide) groups is 1. The van der Waals surface area contributed by atoms with Crippen LogP contribution in [0.3, 0.4) is 0 Å². The van der Waals surface area contributed by atoms with E-state index in [9.17, 15) is 9.59 Å². The van der Waals surface area contributed by atoms with Gasteiger partial charge in [0, 0.05) is 5.75 Å². The van der Waals surface area contributed by atoms with Crippen molar-refractivity contribution >= 4 is 23.6 Å². The number of β-lactam (4-membered cyclic amide) rings is 1. The van der Waals surface area contributed by atoms with Gasteiger partial charge < -0.3 is 10.5 Å². The number of ether oxygens (including phenoxy) is 1. The molecule has 0 spiro atoms. The minimum absolute atomic E-state index is 0.230. The number of esters is 1. The van der Waals surface area contributed by atoms with E-state index in [1.54, 1.807) is 17.8 Å². The molecule has 1 fully saturated rings. The Morgan fingerprint density at radius 3 is 2.25 bits per heavy atom. The van der Waals surface area contributed by atoms with Gasteiger partial charge in [-0.25, -0.2) is 9.59 Å². The summed E-state index contributed by atoms with van der Waals surface area (Å²) in [6.45, 7) is 3.80. The minimum atomic E-state index is -0.599. The average molecular weight is 393 g/mol. The molecule has 0 aromatic heterocycles. The Labute approximate surface area is 168 Å². The number of benzene rings is 2. The van der Waals surface area contributed by atoms with Crippen LogP contribution in [0.5, 0.6) is 0 Å². The topological polar surface area (TPSA) is 69.4 Å². The Morgan fingerprint density at radius 1 is 1.14 bits per heavy atom. The average Bonchev–Trinajstić information content (AvgIpc) is 2.76. The van der Waals surface area contributed by atoms with Gasteiger partial charge in [-0.3, -0.25) is 0 Å². The minimum Gasteiger partial charge on any atom is -0.445 e. The number of quaternary nitrogens is 1. The highest BCUT2D eigenvalue weighted by Crippen LogP contribution is 2.46. The van der Waals surface area contributed by atoms with Crippen LogP contribution in [0.1, 0.15) is 17.2 Å². The van der Waals surface area contributed by atoms with Crippen LogP contribution in [0.4, 0.5) is 0 Å². The first-order chi connectivity index (χ1) is 13.6. The molecular weight excluding hydrogens is 372 g/mol. The fourth-order valence-corrected chi connectivity index (χ4v) is 5.11. The molecule has 2 N–H and O–H groups in total. The Morgan fingerprint density at radius 2 is 1.71 bits per heavy atom. The molecule has 0 radical (unpaired) electrons. The monoisotopic (exact) mass is 393 g/mol. The fraction of sp³-hybridized carbons (Fsp3) is 0.182. The summed E-state index contributed by atoms with van der Waals surface area (Å²) < 4.78 is 5.70. The molecule has 2 heterocycles. The van der Waals surface area contributed by atoms with E-state index in [2.05, 4.69) is 6.58 Å². The van der Waals surface area contributed by atoms with Gasteiger partial charge in [0.15, 0.2) is 17.5 Å². The zero-order chi connectivity index (χ0) is 19.7. The molecule has 4 rings (SSSR count). The Balaban J connectivity index is 1.68. The van der Waals surface area contributed by atoms with Crippen LogP contribution >= 0.6 is 11.8 Å². The lowest BCUT2D eigenvalue weighted by molar-refractivity contribution is -0.802. The molecule has 1 saturated heterocycles. The number of nitrogens with zero attached hydrogens (tertiary/aromatic N) is 1. The van der Waals surface area contributed by atoms with Crippen LogP contribution in [0, 0.1) is 0 Å². The molecule has 2 aliphatic heterocycles. The van der Waals surface area contributed by atoms with Gasteiger partial charge in [-0.1, -0.05) is 72.4 Å². The third-order valence-corrected chi connectivity index (χ3v) is 6.55. The second-order valence-corrected chi connectivity index (χ2v) is 7.89. The summed E-state index contributed by atoms with van der Waals surface area (Å²) >= 11 is 1.55. The SMILES string of the molecule is C=C[N+]12C(=O)C(N)[C@@H]1SCC=C2C(=O)OC(c1ccccc1)c1ccccc1. The van der Waals surface area contributed by atoms with E-state index in [0.717, 1.165) is 11.1 Å². The Kier molecular flexibility index (Phi) is 4.93. The molecule has 2 aliphatic rings. The Bertz CT molecular complexity index is 905. The predicted molar refractivity (Wildman–Crippen MR) is 109 cm³/mol. The first-order valence-corrected chi connectivity index (χ1v) is 10.1. The summed E-state index contributed by atoms with van der Waals surface area (Å²) in [4.78, 5) is 25.8. The number of carbonyl (C=O) groups excluding carboxylic acids is 2. The van der Waals surface area contributed by atoms with Crippen LogP contribution in [0.25, 0.3) is 0 Å². The number of hydrogen-bond acceptors (Lipinski definition) is 5. The quantitative estimate of drug-likeness (QED) is 0.480.